The molecule has 3 atom stereocenters. The molecule has 1 aliphatic carbocycles. The summed E-state index contributed by atoms with van der Waals surface area (Å²) < 4.78 is 5.56. The quantitative estimate of drug-likeness (QED) is 0.370. The van der Waals surface area contributed by atoms with Crippen LogP contribution in [-0.4, -0.2) is 12.0 Å². The first-order valence-corrected chi connectivity index (χ1v) is 9.45. The minimum atomic E-state index is -0.290. The monoisotopic (exact) mass is 372 g/mol. The van der Waals surface area contributed by atoms with Gasteiger partial charge >= 0.3 is 0 Å². The molecule has 3 aromatic rings. The number of nitro benzene ring substituents is 1. The van der Waals surface area contributed by atoms with Gasteiger partial charge in [0.1, 0.15) is 5.75 Å². The molecule has 1 heterocycles. The third-order valence-electron chi connectivity index (χ3n) is 6.03. The van der Waals surface area contributed by atoms with Gasteiger partial charge in [0, 0.05) is 12.0 Å². The van der Waals surface area contributed by atoms with Gasteiger partial charge < -0.3 is 10.1 Å². The molecule has 1 aliphatic heterocycles. The molecule has 0 fully saturated rings. The van der Waals surface area contributed by atoms with E-state index in [1.807, 2.05) is 6.07 Å². The molecule has 5 rings (SSSR count). The molecule has 0 saturated carbocycles. The fraction of sp³-hybridized carbons (Fsp3) is 0.217. The Labute approximate surface area is 162 Å². The third-order valence-corrected chi connectivity index (χ3v) is 6.03. The molecule has 0 radical (unpaired) electrons. The second-order valence-electron chi connectivity index (χ2n) is 7.38. The van der Waals surface area contributed by atoms with Crippen LogP contribution in [0, 0.1) is 16.0 Å². The number of nitrogens with one attached hydrogen (secondary N) is 1. The lowest BCUT2D eigenvalue weighted by molar-refractivity contribution is -0.385. The smallest absolute Gasteiger partial charge is 0.275 e. The largest absolute Gasteiger partial charge is 0.495 e. The van der Waals surface area contributed by atoms with Crippen LogP contribution in [0.3, 0.4) is 0 Å². The summed E-state index contributed by atoms with van der Waals surface area (Å²) in [5.74, 6) is 0.865. The molecule has 28 heavy (non-hydrogen) atoms. The van der Waals surface area contributed by atoms with Crippen LogP contribution >= 0.6 is 0 Å². The maximum Gasteiger partial charge on any atom is 0.275 e. The SMILES string of the molecule is COc1ccc([N+](=O)[O-])c2c1NC(c1cccc3ccccc13)C1CC=CC21. The van der Waals surface area contributed by atoms with Gasteiger partial charge in [-0.05, 0) is 34.7 Å². The van der Waals surface area contributed by atoms with Crippen molar-refractivity contribution in [2.24, 2.45) is 5.92 Å². The molecule has 0 aromatic heterocycles. The zero-order chi connectivity index (χ0) is 19.3. The van der Waals surface area contributed by atoms with Gasteiger partial charge in [-0.2, -0.15) is 0 Å². The van der Waals surface area contributed by atoms with E-state index in [4.69, 9.17) is 4.74 Å². The van der Waals surface area contributed by atoms with Crippen LogP contribution in [0.15, 0.2) is 66.7 Å². The van der Waals surface area contributed by atoms with Gasteiger partial charge in [0.2, 0.25) is 0 Å². The average molecular weight is 372 g/mol. The molecule has 0 amide bonds. The topological polar surface area (TPSA) is 64.4 Å². The fourth-order valence-corrected chi connectivity index (χ4v) is 4.82. The highest BCUT2D eigenvalue weighted by atomic mass is 16.6. The zero-order valence-corrected chi connectivity index (χ0v) is 15.5. The molecular formula is C23H20N2O3. The Bertz CT molecular complexity index is 1120. The molecular weight excluding hydrogens is 352 g/mol. The highest BCUT2D eigenvalue weighted by Crippen LogP contribution is 2.55. The van der Waals surface area contributed by atoms with Gasteiger partial charge in [-0.25, -0.2) is 0 Å². The van der Waals surface area contributed by atoms with Crippen LogP contribution in [0.5, 0.6) is 5.75 Å². The van der Waals surface area contributed by atoms with E-state index in [0.717, 1.165) is 17.7 Å². The number of rotatable bonds is 3. The minimum Gasteiger partial charge on any atom is -0.495 e. The highest BCUT2D eigenvalue weighted by Gasteiger charge is 2.43. The Kier molecular flexibility index (Phi) is 3.83. The number of nitro groups is 1. The molecule has 140 valence electrons. The zero-order valence-electron chi connectivity index (χ0n) is 15.5. The average Bonchev–Trinajstić information content (AvgIpc) is 3.22. The number of hydrogen-bond acceptors (Lipinski definition) is 4. The standard InChI is InChI=1S/C23H20N2O3/c1-28-20-13-12-19(25(26)27)21-16-9-5-11-18(16)22(24-23(20)21)17-10-4-7-14-6-2-3-8-15(14)17/h2-10,12-13,16,18,22,24H,11H2,1H3. The van der Waals surface area contributed by atoms with Crippen molar-refractivity contribution in [1.29, 1.82) is 0 Å². The number of fused-ring (bicyclic) bond motifs is 4. The van der Waals surface area contributed by atoms with Crippen molar-refractivity contribution in [3.05, 3.63) is 88.0 Å². The summed E-state index contributed by atoms with van der Waals surface area (Å²) >= 11 is 0. The molecule has 0 spiro atoms. The Balaban J connectivity index is 1.73. The van der Waals surface area contributed by atoms with Crippen molar-refractivity contribution in [3.8, 4) is 5.75 Å². The van der Waals surface area contributed by atoms with E-state index in [0.29, 0.717) is 5.75 Å². The summed E-state index contributed by atoms with van der Waals surface area (Å²) in [6, 6.07) is 18.0. The minimum absolute atomic E-state index is 0.00396. The van der Waals surface area contributed by atoms with E-state index in [1.165, 1.54) is 16.3 Å². The van der Waals surface area contributed by atoms with Crippen molar-refractivity contribution in [2.75, 3.05) is 12.4 Å². The van der Waals surface area contributed by atoms with Crippen LogP contribution in [0.25, 0.3) is 10.8 Å². The summed E-state index contributed by atoms with van der Waals surface area (Å²) in [4.78, 5) is 11.4. The van der Waals surface area contributed by atoms with E-state index in [2.05, 4.69) is 53.9 Å². The van der Waals surface area contributed by atoms with Crippen molar-refractivity contribution in [2.45, 2.75) is 18.4 Å². The number of allylic oxidation sites excluding steroid dienone is 2. The summed E-state index contributed by atoms with van der Waals surface area (Å²) in [6.07, 6.45) is 5.15. The van der Waals surface area contributed by atoms with E-state index in [-0.39, 0.29) is 28.5 Å². The van der Waals surface area contributed by atoms with Crippen LogP contribution in [0.2, 0.25) is 0 Å². The van der Waals surface area contributed by atoms with Crippen LogP contribution in [0.1, 0.15) is 29.5 Å². The normalized spacial score (nSPS) is 22.4. The number of anilines is 1. The molecule has 1 N–H and O–H groups in total. The fourth-order valence-electron chi connectivity index (χ4n) is 4.82. The summed E-state index contributed by atoms with van der Waals surface area (Å²) in [5.41, 5.74) is 2.85. The third kappa shape index (κ3) is 2.39. The maximum absolute atomic E-state index is 11.7. The van der Waals surface area contributed by atoms with Crippen LogP contribution < -0.4 is 10.1 Å². The second kappa shape index (κ2) is 6.37. The first kappa shape index (κ1) is 16.8. The molecule has 2 aliphatic rings. The van der Waals surface area contributed by atoms with E-state index >= 15 is 0 Å². The van der Waals surface area contributed by atoms with Crippen LogP contribution in [-0.2, 0) is 0 Å². The van der Waals surface area contributed by atoms with Gasteiger partial charge in [0.25, 0.3) is 5.69 Å². The molecule has 5 heteroatoms. The lowest BCUT2D eigenvalue weighted by Crippen LogP contribution is -2.30. The predicted molar refractivity (Wildman–Crippen MR) is 110 cm³/mol. The number of nitrogens with zero attached hydrogens (tertiary/aromatic N) is 1. The summed E-state index contributed by atoms with van der Waals surface area (Å²) in [6.45, 7) is 0. The lowest BCUT2D eigenvalue weighted by atomic mass is 9.75. The van der Waals surface area contributed by atoms with E-state index in [1.54, 1.807) is 19.2 Å². The van der Waals surface area contributed by atoms with Gasteiger partial charge in [0.15, 0.2) is 0 Å². The molecule has 0 bridgehead atoms. The van der Waals surface area contributed by atoms with Crippen molar-refractivity contribution >= 4 is 22.1 Å². The predicted octanol–water partition coefficient (Wildman–Crippen LogP) is 5.58. The number of hydrogen-bond donors (Lipinski definition) is 1. The van der Waals surface area contributed by atoms with E-state index < -0.39 is 0 Å². The van der Waals surface area contributed by atoms with Gasteiger partial charge in [-0.1, -0.05) is 54.6 Å². The summed E-state index contributed by atoms with van der Waals surface area (Å²) in [7, 11) is 1.60. The molecule has 3 unspecified atom stereocenters. The molecule has 5 nitrogen and oxygen atoms in total. The Morgan fingerprint density at radius 2 is 1.93 bits per heavy atom. The number of methoxy groups -OCH3 is 1. The van der Waals surface area contributed by atoms with Gasteiger partial charge in [0.05, 0.1) is 29.3 Å². The maximum atomic E-state index is 11.7. The van der Waals surface area contributed by atoms with Crippen molar-refractivity contribution in [3.63, 3.8) is 0 Å². The first-order valence-electron chi connectivity index (χ1n) is 9.45. The molecule has 3 aromatic carbocycles. The van der Waals surface area contributed by atoms with Gasteiger partial charge in [-0.15, -0.1) is 0 Å². The second-order valence-corrected chi connectivity index (χ2v) is 7.38. The first-order chi connectivity index (χ1) is 13.7. The van der Waals surface area contributed by atoms with Crippen LogP contribution in [0.4, 0.5) is 11.4 Å². The molecule has 0 saturated heterocycles. The summed E-state index contributed by atoms with van der Waals surface area (Å²) in [5, 5.41) is 17.7. The number of benzene rings is 3. The van der Waals surface area contributed by atoms with Crippen molar-refractivity contribution < 1.29 is 9.66 Å². The number of ether oxygens (including phenoxy) is 1. The van der Waals surface area contributed by atoms with E-state index in [9.17, 15) is 10.1 Å². The van der Waals surface area contributed by atoms with Crippen molar-refractivity contribution in [1.82, 2.24) is 0 Å². The van der Waals surface area contributed by atoms with Gasteiger partial charge in [-0.3, -0.25) is 10.1 Å². The highest BCUT2D eigenvalue weighted by molar-refractivity contribution is 5.87. The Hall–Kier alpha value is -3.34. The lowest BCUT2D eigenvalue weighted by Gasteiger charge is -2.38. The Morgan fingerprint density at radius 3 is 2.75 bits per heavy atom. The Morgan fingerprint density at radius 1 is 1.11 bits per heavy atom.